The third-order valence-corrected chi connectivity index (χ3v) is 2.32. The number of hydrogen-bond donors (Lipinski definition) is 1. The molecule has 0 unspecified atom stereocenters. The number of nitrogens with one attached hydrogen (secondary N) is 1. The first kappa shape index (κ1) is 7.17. The Morgan fingerprint density at radius 2 is 2.27 bits per heavy atom. The normalized spacial score (nSPS) is 10.7. The summed E-state index contributed by atoms with van der Waals surface area (Å²) in [4.78, 5) is 7.49. The zero-order chi connectivity index (χ0) is 7.84. The summed E-state index contributed by atoms with van der Waals surface area (Å²) in [5.41, 5.74) is 2.38. The molecule has 0 saturated heterocycles. The van der Waals surface area contributed by atoms with Crippen LogP contribution in [-0.2, 0) is 0 Å². The van der Waals surface area contributed by atoms with Crippen LogP contribution in [0.25, 0.3) is 10.9 Å². The average molecular weight is 253 g/mol. The quantitative estimate of drug-likeness (QED) is 0.686. The summed E-state index contributed by atoms with van der Waals surface area (Å²) in [6, 6.07) is 4.18. The molecule has 0 aromatic carbocycles. The van der Waals surface area contributed by atoms with Gasteiger partial charge >= 0.3 is 78.5 Å². The van der Waals surface area contributed by atoms with Crippen molar-refractivity contribution < 1.29 is 0 Å². The van der Waals surface area contributed by atoms with Crippen molar-refractivity contribution in [1.82, 2.24) is 9.97 Å². The molecule has 0 bridgehead atoms. The standard InChI is InChI=1S/C8H7N2.Sb/c1-6-4-7-5-9-3-2-8(7)10-6;/h2,4-5,10H,1H3;. The van der Waals surface area contributed by atoms with E-state index in [2.05, 4.69) is 29.0 Å². The SMILES string of the molecule is Cc1cc2cn[c]([Sb])cc2[nH]1. The Morgan fingerprint density at radius 1 is 1.45 bits per heavy atom. The van der Waals surface area contributed by atoms with Crippen LogP contribution in [0.15, 0.2) is 18.3 Å². The number of rotatable bonds is 0. The molecule has 2 aromatic heterocycles. The van der Waals surface area contributed by atoms with Crippen LogP contribution < -0.4 is 3.64 Å². The van der Waals surface area contributed by atoms with E-state index in [-0.39, 0.29) is 0 Å². The van der Waals surface area contributed by atoms with Crippen LogP contribution in [0, 0.1) is 6.92 Å². The molecule has 0 saturated carbocycles. The van der Waals surface area contributed by atoms with Gasteiger partial charge in [-0.25, -0.2) is 0 Å². The van der Waals surface area contributed by atoms with Gasteiger partial charge in [-0.15, -0.1) is 0 Å². The third kappa shape index (κ3) is 1.27. The van der Waals surface area contributed by atoms with E-state index in [9.17, 15) is 0 Å². The van der Waals surface area contributed by atoms with Crippen LogP contribution >= 0.6 is 0 Å². The van der Waals surface area contributed by atoms with E-state index in [1.54, 1.807) is 23.0 Å². The second-order valence-corrected chi connectivity index (χ2v) is 3.89. The van der Waals surface area contributed by atoms with E-state index in [0.29, 0.717) is 0 Å². The number of H-pyrrole nitrogens is 1. The number of nitrogens with zero attached hydrogens (tertiary/aromatic N) is 1. The Kier molecular flexibility index (Phi) is 1.65. The van der Waals surface area contributed by atoms with Gasteiger partial charge in [-0.3, -0.25) is 0 Å². The molecule has 2 heterocycles. The Balaban J connectivity index is 2.82. The van der Waals surface area contributed by atoms with Crippen molar-refractivity contribution in [3.63, 3.8) is 0 Å². The van der Waals surface area contributed by atoms with Crippen LogP contribution in [0.3, 0.4) is 0 Å². The number of pyridine rings is 1. The van der Waals surface area contributed by atoms with Gasteiger partial charge in [-0.2, -0.15) is 0 Å². The van der Waals surface area contributed by atoms with E-state index in [1.807, 2.05) is 6.20 Å². The Labute approximate surface area is 78.5 Å². The van der Waals surface area contributed by atoms with Gasteiger partial charge in [0.25, 0.3) is 0 Å². The number of aromatic amines is 1. The van der Waals surface area contributed by atoms with Gasteiger partial charge in [0.05, 0.1) is 0 Å². The molecule has 0 spiro atoms. The van der Waals surface area contributed by atoms with Crippen LogP contribution in [0.4, 0.5) is 0 Å². The Hall–Kier alpha value is -0.492. The second-order valence-electron chi connectivity index (χ2n) is 2.58. The van der Waals surface area contributed by atoms with Gasteiger partial charge in [0.1, 0.15) is 0 Å². The van der Waals surface area contributed by atoms with Gasteiger partial charge in [-0.1, -0.05) is 0 Å². The molecule has 2 rings (SSSR count). The van der Waals surface area contributed by atoms with Gasteiger partial charge in [0.15, 0.2) is 0 Å². The van der Waals surface area contributed by atoms with E-state index in [1.165, 1.54) is 16.6 Å². The maximum absolute atomic E-state index is 4.22. The molecule has 0 aliphatic rings. The van der Waals surface area contributed by atoms with Crippen molar-refractivity contribution in [2.24, 2.45) is 0 Å². The molecule has 1 N–H and O–H groups in total. The average Bonchev–Trinajstić information content (AvgIpc) is 2.27. The first-order valence-electron chi connectivity index (χ1n) is 3.40. The molecule has 0 amide bonds. The first-order chi connectivity index (χ1) is 5.25. The van der Waals surface area contributed by atoms with Crippen molar-refractivity contribution >= 4 is 37.6 Å². The van der Waals surface area contributed by atoms with Gasteiger partial charge in [0.2, 0.25) is 0 Å². The summed E-state index contributed by atoms with van der Waals surface area (Å²) in [5.74, 6) is 0. The molecule has 2 aromatic rings. The molecule has 54 valence electrons. The minimum absolute atomic E-state index is 1.10. The monoisotopic (exact) mass is 252 g/mol. The second kappa shape index (κ2) is 2.53. The molecule has 2 nitrogen and oxygen atoms in total. The van der Waals surface area contributed by atoms with Gasteiger partial charge in [0, 0.05) is 0 Å². The summed E-state index contributed by atoms with van der Waals surface area (Å²) < 4.78 is 1.10. The number of aromatic nitrogens is 2. The van der Waals surface area contributed by atoms with Crippen molar-refractivity contribution in [3.8, 4) is 0 Å². The van der Waals surface area contributed by atoms with Crippen molar-refractivity contribution in [1.29, 1.82) is 0 Å². The predicted octanol–water partition coefficient (Wildman–Crippen LogP) is 0.665. The molecular weight excluding hydrogens is 246 g/mol. The van der Waals surface area contributed by atoms with Crippen molar-refractivity contribution in [3.05, 3.63) is 24.0 Å². The Bertz CT molecular complexity index is 392. The Morgan fingerprint density at radius 3 is 3.09 bits per heavy atom. The topological polar surface area (TPSA) is 28.7 Å². The summed E-state index contributed by atoms with van der Waals surface area (Å²) >= 11 is 1.65. The number of fused-ring (bicyclic) bond motifs is 1. The summed E-state index contributed by atoms with van der Waals surface area (Å²) in [6.07, 6.45) is 1.91. The van der Waals surface area contributed by atoms with Gasteiger partial charge < -0.3 is 0 Å². The fourth-order valence-electron chi connectivity index (χ4n) is 1.16. The minimum atomic E-state index is 1.10. The predicted molar refractivity (Wildman–Crippen MR) is 46.2 cm³/mol. The third-order valence-electron chi connectivity index (χ3n) is 1.62. The molecule has 0 aliphatic carbocycles. The maximum atomic E-state index is 4.22. The molecule has 3 heteroatoms. The summed E-state index contributed by atoms with van der Waals surface area (Å²) in [5, 5.41) is 1.20. The molecule has 0 aliphatic heterocycles. The summed E-state index contributed by atoms with van der Waals surface area (Å²) in [6.45, 7) is 2.06. The zero-order valence-electron chi connectivity index (χ0n) is 6.13. The van der Waals surface area contributed by atoms with Crippen molar-refractivity contribution in [2.45, 2.75) is 6.92 Å². The fourth-order valence-corrected chi connectivity index (χ4v) is 1.69. The number of hydrogen-bond acceptors (Lipinski definition) is 1. The molecule has 11 heavy (non-hydrogen) atoms. The molecule has 0 atom stereocenters. The van der Waals surface area contributed by atoms with E-state index in [0.717, 1.165) is 3.64 Å². The molecule has 0 fully saturated rings. The van der Waals surface area contributed by atoms with Crippen LogP contribution in [-0.4, -0.2) is 33.0 Å². The first-order valence-corrected chi connectivity index (χ1v) is 4.68. The van der Waals surface area contributed by atoms with Crippen LogP contribution in [0.1, 0.15) is 5.69 Å². The van der Waals surface area contributed by atoms with Gasteiger partial charge in [-0.05, 0) is 0 Å². The zero-order valence-corrected chi connectivity index (χ0v) is 8.68. The van der Waals surface area contributed by atoms with Crippen LogP contribution in [0.2, 0.25) is 0 Å². The molecule has 2 radical (unpaired) electrons. The summed E-state index contributed by atoms with van der Waals surface area (Å²) in [7, 11) is 0. The van der Waals surface area contributed by atoms with Crippen molar-refractivity contribution in [2.75, 3.05) is 0 Å². The van der Waals surface area contributed by atoms with Crippen LogP contribution in [0.5, 0.6) is 0 Å². The molecular formula is C8H7N2Sb. The van der Waals surface area contributed by atoms with E-state index < -0.39 is 0 Å². The van der Waals surface area contributed by atoms with E-state index in [4.69, 9.17) is 0 Å². The fraction of sp³-hybridized carbons (Fsp3) is 0.125. The van der Waals surface area contributed by atoms with E-state index >= 15 is 0 Å². The number of aryl methyl sites for hydroxylation is 1.